The Bertz CT molecular complexity index is 1240. The lowest BCUT2D eigenvalue weighted by atomic mass is 9.97. The molecule has 0 saturated carbocycles. The summed E-state index contributed by atoms with van der Waals surface area (Å²) in [4.78, 5) is 17.2. The van der Waals surface area contributed by atoms with E-state index >= 15 is 0 Å². The molecule has 0 fully saturated rings. The van der Waals surface area contributed by atoms with Gasteiger partial charge in [0.2, 0.25) is 0 Å². The van der Waals surface area contributed by atoms with Crippen molar-refractivity contribution in [3.05, 3.63) is 65.1 Å². The number of benzene rings is 2. The van der Waals surface area contributed by atoms with Gasteiger partial charge in [-0.05, 0) is 41.2 Å². The average Bonchev–Trinajstić information content (AvgIpc) is 3.38. The molecule has 0 radical (unpaired) electrons. The average molecular weight is 431 g/mol. The van der Waals surface area contributed by atoms with E-state index in [1.54, 1.807) is 0 Å². The van der Waals surface area contributed by atoms with E-state index in [0.29, 0.717) is 24.4 Å². The van der Waals surface area contributed by atoms with Gasteiger partial charge in [-0.3, -0.25) is 14.6 Å². The molecule has 0 atom stereocenters. The SMILES string of the molecule is CCc1c(Cc2nc(-c3ccc(C(=O)NCC(C)(C)C)cc3)nn2C)ccc2[nH]ncc12. The Morgan fingerprint density at radius 2 is 1.88 bits per heavy atom. The van der Waals surface area contributed by atoms with Crippen LogP contribution in [0, 0.1) is 5.41 Å². The monoisotopic (exact) mass is 430 g/mol. The fourth-order valence-electron chi connectivity index (χ4n) is 3.79. The Balaban J connectivity index is 1.53. The lowest BCUT2D eigenvalue weighted by molar-refractivity contribution is 0.0939. The third-order valence-corrected chi connectivity index (χ3v) is 5.57. The summed E-state index contributed by atoms with van der Waals surface area (Å²) >= 11 is 0. The molecule has 7 heteroatoms. The molecule has 7 nitrogen and oxygen atoms in total. The van der Waals surface area contributed by atoms with Crippen molar-refractivity contribution in [1.82, 2.24) is 30.3 Å². The number of hydrogen-bond donors (Lipinski definition) is 2. The van der Waals surface area contributed by atoms with E-state index in [1.165, 1.54) is 11.1 Å². The zero-order chi connectivity index (χ0) is 22.9. The van der Waals surface area contributed by atoms with Gasteiger partial charge in [0.1, 0.15) is 5.82 Å². The van der Waals surface area contributed by atoms with Crippen LogP contribution in [0.15, 0.2) is 42.6 Å². The number of amides is 1. The Labute approximate surface area is 188 Å². The molecule has 2 aromatic heterocycles. The Kier molecular flexibility index (Phi) is 5.82. The number of rotatable bonds is 6. The summed E-state index contributed by atoms with van der Waals surface area (Å²) in [6.45, 7) is 9.07. The van der Waals surface area contributed by atoms with Gasteiger partial charge in [0.15, 0.2) is 5.82 Å². The van der Waals surface area contributed by atoms with Crippen molar-refractivity contribution in [3.63, 3.8) is 0 Å². The molecule has 32 heavy (non-hydrogen) atoms. The van der Waals surface area contributed by atoms with Gasteiger partial charge in [0.05, 0.1) is 11.7 Å². The lowest BCUT2D eigenvalue weighted by Crippen LogP contribution is -2.32. The molecule has 0 unspecified atom stereocenters. The number of aromatic amines is 1. The second kappa shape index (κ2) is 8.57. The van der Waals surface area contributed by atoms with E-state index in [0.717, 1.165) is 28.7 Å². The van der Waals surface area contributed by atoms with Gasteiger partial charge in [-0.1, -0.05) is 45.9 Å². The first-order valence-corrected chi connectivity index (χ1v) is 11.0. The van der Waals surface area contributed by atoms with Crippen molar-refractivity contribution in [3.8, 4) is 11.4 Å². The zero-order valence-electron chi connectivity index (χ0n) is 19.4. The van der Waals surface area contributed by atoms with E-state index in [2.05, 4.69) is 60.4 Å². The molecule has 2 N–H and O–H groups in total. The standard InChI is InChI=1S/C25H30N6O/c1-6-19-18(11-12-21-20(19)14-27-29-21)13-22-28-23(30-31(22)5)16-7-9-17(10-8-16)24(32)26-15-25(2,3)4/h7-12,14H,6,13,15H2,1-5H3,(H,26,32)(H,27,29). The maximum Gasteiger partial charge on any atom is 0.251 e. The highest BCUT2D eigenvalue weighted by Gasteiger charge is 2.16. The van der Waals surface area contributed by atoms with Gasteiger partial charge in [-0.25, -0.2) is 4.98 Å². The number of nitrogens with one attached hydrogen (secondary N) is 2. The number of H-pyrrole nitrogens is 1. The van der Waals surface area contributed by atoms with Crippen molar-refractivity contribution in [2.45, 2.75) is 40.5 Å². The first kappa shape index (κ1) is 21.7. The van der Waals surface area contributed by atoms with Crippen molar-refractivity contribution in [2.24, 2.45) is 12.5 Å². The van der Waals surface area contributed by atoms with Crippen LogP contribution in [0.5, 0.6) is 0 Å². The van der Waals surface area contributed by atoms with Crippen molar-refractivity contribution < 1.29 is 4.79 Å². The van der Waals surface area contributed by atoms with Gasteiger partial charge >= 0.3 is 0 Å². The van der Waals surface area contributed by atoms with Crippen LogP contribution in [0.25, 0.3) is 22.3 Å². The number of aromatic nitrogens is 5. The minimum atomic E-state index is -0.0668. The Hall–Kier alpha value is -3.48. The van der Waals surface area contributed by atoms with Crippen LogP contribution in [0.1, 0.15) is 55.0 Å². The topological polar surface area (TPSA) is 88.5 Å². The maximum atomic E-state index is 12.4. The highest BCUT2D eigenvalue weighted by Crippen LogP contribution is 2.24. The van der Waals surface area contributed by atoms with Crippen LogP contribution in [0.3, 0.4) is 0 Å². The first-order valence-electron chi connectivity index (χ1n) is 11.0. The maximum absolute atomic E-state index is 12.4. The van der Waals surface area contributed by atoms with E-state index in [-0.39, 0.29) is 11.3 Å². The second-order valence-electron chi connectivity index (χ2n) is 9.36. The summed E-state index contributed by atoms with van der Waals surface area (Å²) in [5.41, 5.74) is 5.14. The number of aryl methyl sites for hydroxylation is 2. The molecule has 4 rings (SSSR count). The summed E-state index contributed by atoms with van der Waals surface area (Å²) < 4.78 is 1.83. The van der Waals surface area contributed by atoms with Gasteiger partial charge in [-0.15, -0.1) is 0 Å². The summed E-state index contributed by atoms with van der Waals surface area (Å²) in [7, 11) is 1.92. The van der Waals surface area contributed by atoms with Crippen LogP contribution in [-0.2, 0) is 19.9 Å². The van der Waals surface area contributed by atoms with Crippen molar-refractivity contribution >= 4 is 16.8 Å². The number of fused-ring (bicyclic) bond motifs is 1. The van der Waals surface area contributed by atoms with Crippen molar-refractivity contribution in [2.75, 3.05) is 6.54 Å². The smallest absolute Gasteiger partial charge is 0.251 e. The predicted molar refractivity (Wildman–Crippen MR) is 127 cm³/mol. The number of carbonyl (C=O) groups is 1. The van der Waals surface area contributed by atoms with E-state index in [4.69, 9.17) is 4.98 Å². The van der Waals surface area contributed by atoms with E-state index in [1.807, 2.05) is 42.2 Å². The summed E-state index contributed by atoms with van der Waals surface area (Å²) in [6.07, 6.45) is 3.51. The minimum Gasteiger partial charge on any atom is -0.352 e. The van der Waals surface area contributed by atoms with Gasteiger partial charge < -0.3 is 5.32 Å². The predicted octanol–water partition coefficient (Wildman–Crippen LogP) is 4.29. The molecule has 2 aromatic carbocycles. The molecule has 1 amide bonds. The summed E-state index contributed by atoms with van der Waals surface area (Å²) in [5.74, 6) is 1.49. The zero-order valence-corrected chi connectivity index (χ0v) is 19.4. The second-order valence-corrected chi connectivity index (χ2v) is 9.36. The highest BCUT2D eigenvalue weighted by atomic mass is 16.1. The summed E-state index contributed by atoms with van der Waals surface area (Å²) in [5, 5.41) is 16.0. The lowest BCUT2D eigenvalue weighted by Gasteiger charge is -2.18. The number of hydrogen-bond acceptors (Lipinski definition) is 4. The van der Waals surface area contributed by atoms with Gasteiger partial charge in [0, 0.05) is 36.5 Å². The quantitative estimate of drug-likeness (QED) is 0.478. The highest BCUT2D eigenvalue weighted by molar-refractivity contribution is 5.94. The molecule has 2 heterocycles. The minimum absolute atomic E-state index is 0.0453. The molecule has 0 aliphatic carbocycles. The summed E-state index contributed by atoms with van der Waals surface area (Å²) in [6, 6.07) is 11.7. The number of nitrogens with zero attached hydrogens (tertiary/aromatic N) is 4. The first-order chi connectivity index (χ1) is 15.2. The van der Waals surface area contributed by atoms with Gasteiger partial charge in [0.25, 0.3) is 5.91 Å². The molecule has 0 aliphatic heterocycles. The molecule has 0 saturated heterocycles. The van der Waals surface area contributed by atoms with Crippen LogP contribution in [-0.4, -0.2) is 37.4 Å². The molecule has 0 spiro atoms. The largest absolute Gasteiger partial charge is 0.352 e. The molecular formula is C25H30N6O. The van der Waals surface area contributed by atoms with Crippen LogP contribution in [0.4, 0.5) is 0 Å². The third-order valence-electron chi connectivity index (χ3n) is 5.57. The fourth-order valence-corrected chi connectivity index (χ4v) is 3.79. The third kappa shape index (κ3) is 4.56. The van der Waals surface area contributed by atoms with Crippen molar-refractivity contribution in [1.29, 1.82) is 0 Å². The Morgan fingerprint density at radius 1 is 1.12 bits per heavy atom. The van der Waals surface area contributed by atoms with Gasteiger partial charge in [-0.2, -0.15) is 10.2 Å². The Morgan fingerprint density at radius 3 is 2.56 bits per heavy atom. The van der Waals surface area contributed by atoms with Crippen LogP contribution >= 0.6 is 0 Å². The normalized spacial score (nSPS) is 11.8. The van der Waals surface area contributed by atoms with E-state index < -0.39 is 0 Å². The number of carbonyl (C=O) groups excluding carboxylic acids is 1. The van der Waals surface area contributed by atoms with Crippen LogP contribution in [0.2, 0.25) is 0 Å². The van der Waals surface area contributed by atoms with Crippen LogP contribution < -0.4 is 5.32 Å². The molecule has 0 aliphatic rings. The fraction of sp³-hybridized carbons (Fsp3) is 0.360. The molecule has 4 aromatic rings. The molecule has 166 valence electrons. The molecular weight excluding hydrogens is 400 g/mol. The molecule has 0 bridgehead atoms. The van der Waals surface area contributed by atoms with E-state index in [9.17, 15) is 4.79 Å².